The summed E-state index contributed by atoms with van der Waals surface area (Å²) in [5.74, 6) is -0.0591. The summed E-state index contributed by atoms with van der Waals surface area (Å²) in [5.41, 5.74) is 1.40. The molecule has 150 valence electrons. The van der Waals surface area contributed by atoms with Gasteiger partial charge in [-0.05, 0) is 37.6 Å². The molecule has 1 N–H and O–H groups in total. The van der Waals surface area contributed by atoms with Crippen molar-refractivity contribution in [2.75, 3.05) is 12.3 Å². The van der Waals surface area contributed by atoms with Gasteiger partial charge in [0, 0.05) is 29.4 Å². The second-order valence-electron chi connectivity index (χ2n) is 6.31. The van der Waals surface area contributed by atoms with Crippen LogP contribution in [0, 0.1) is 5.82 Å². The molecular weight excluding hydrogens is 399 g/mol. The number of carbonyl (C=O) groups excluding carboxylic acids is 2. The summed E-state index contributed by atoms with van der Waals surface area (Å²) in [4.78, 5) is 26.5. The Hall–Kier alpha value is -2.05. The molecule has 0 bridgehead atoms. The number of thioether (sulfide) groups is 1. The van der Waals surface area contributed by atoms with E-state index in [1.165, 1.54) is 22.7 Å². The summed E-state index contributed by atoms with van der Waals surface area (Å²) in [6.45, 7) is 3.98. The maximum atomic E-state index is 14.1. The molecule has 0 spiro atoms. The second kappa shape index (κ2) is 11.1. The van der Waals surface area contributed by atoms with Gasteiger partial charge in [0.25, 0.3) is 0 Å². The molecule has 0 aliphatic heterocycles. The van der Waals surface area contributed by atoms with Crippen molar-refractivity contribution in [2.45, 2.75) is 32.2 Å². The second-order valence-corrected chi connectivity index (χ2v) is 7.73. The molecule has 1 atom stereocenters. The van der Waals surface area contributed by atoms with E-state index in [0.717, 1.165) is 5.56 Å². The Morgan fingerprint density at radius 3 is 2.64 bits per heavy atom. The van der Waals surface area contributed by atoms with E-state index in [1.54, 1.807) is 31.2 Å². The number of nitrogens with one attached hydrogen (secondary N) is 1. The predicted octanol–water partition coefficient (Wildman–Crippen LogP) is 4.27. The van der Waals surface area contributed by atoms with Gasteiger partial charge >= 0.3 is 0 Å². The monoisotopic (exact) mass is 422 g/mol. The van der Waals surface area contributed by atoms with Crippen LogP contribution in [0.15, 0.2) is 48.5 Å². The van der Waals surface area contributed by atoms with Crippen LogP contribution in [0.3, 0.4) is 0 Å². The highest BCUT2D eigenvalue weighted by Gasteiger charge is 2.26. The first-order valence-electron chi connectivity index (χ1n) is 9.05. The smallest absolute Gasteiger partial charge is 0.242 e. The third-order valence-electron chi connectivity index (χ3n) is 4.20. The van der Waals surface area contributed by atoms with Crippen LogP contribution in [0.25, 0.3) is 0 Å². The molecule has 0 aliphatic rings. The van der Waals surface area contributed by atoms with Crippen molar-refractivity contribution in [3.05, 3.63) is 70.5 Å². The van der Waals surface area contributed by atoms with E-state index in [4.69, 9.17) is 11.6 Å². The fourth-order valence-corrected chi connectivity index (χ4v) is 3.75. The Bertz CT molecular complexity index is 818. The van der Waals surface area contributed by atoms with Gasteiger partial charge in [-0.15, -0.1) is 11.8 Å². The van der Waals surface area contributed by atoms with Crippen molar-refractivity contribution in [3.8, 4) is 0 Å². The minimum absolute atomic E-state index is 0.0432. The van der Waals surface area contributed by atoms with Crippen LogP contribution in [-0.2, 0) is 21.9 Å². The van der Waals surface area contributed by atoms with Crippen molar-refractivity contribution in [3.63, 3.8) is 0 Å². The molecule has 2 aromatic carbocycles. The number of benzene rings is 2. The lowest BCUT2D eigenvalue weighted by Gasteiger charge is -2.28. The van der Waals surface area contributed by atoms with E-state index >= 15 is 0 Å². The first-order valence-corrected chi connectivity index (χ1v) is 10.6. The zero-order valence-corrected chi connectivity index (χ0v) is 17.5. The molecule has 2 amide bonds. The standard InChI is InChI=1S/C21H24ClFN2O2S/c1-3-24-21(27)15(2)25(12-17-8-4-5-10-19(17)23)20(26)14-28-13-16-7-6-9-18(22)11-16/h4-11,15H,3,12-14H2,1-2H3,(H,24,27)/t15-/m1/s1. The summed E-state index contributed by atoms with van der Waals surface area (Å²) in [5, 5.41) is 3.37. The zero-order chi connectivity index (χ0) is 20.5. The van der Waals surface area contributed by atoms with Crippen LogP contribution >= 0.6 is 23.4 Å². The lowest BCUT2D eigenvalue weighted by molar-refractivity contribution is -0.138. The average molecular weight is 423 g/mol. The van der Waals surface area contributed by atoms with Crippen LogP contribution in [0.4, 0.5) is 4.39 Å². The molecule has 28 heavy (non-hydrogen) atoms. The van der Waals surface area contributed by atoms with E-state index in [-0.39, 0.29) is 24.1 Å². The zero-order valence-electron chi connectivity index (χ0n) is 16.0. The Kier molecular flexibility index (Phi) is 8.80. The molecule has 4 nitrogen and oxygen atoms in total. The molecule has 2 aromatic rings. The molecule has 0 heterocycles. The Labute approximate surface area is 174 Å². The van der Waals surface area contributed by atoms with Crippen LogP contribution in [0.1, 0.15) is 25.0 Å². The summed E-state index contributed by atoms with van der Waals surface area (Å²) >= 11 is 7.42. The van der Waals surface area contributed by atoms with Gasteiger partial charge in [0.05, 0.1) is 5.75 Å². The van der Waals surface area contributed by atoms with Gasteiger partial charge in [-0.1, -0.05) is 41.9 Å². The molecule has 2 rings (SSSR count). The van der Waals surface area contributed by atoms with Crippen molar-refractivity contribution >= 4 is 35.2 Å². The Morgan fingerprint density at radius 2 is 1.96 bits per heavy atom. The number of halogens is 2. The minimum Gasteiger partial charge on any atom is -0.355 e. The van der Waals surface area contributed by atoms with E-state index in [0.29, 0.717) is 22.9 Å². The third-order valence-corrected chi connectivity index (χ3v) is 5.42. The number of hydrogen-bond acceptors (Lipinski definition) is 3. The highest BCUT2D eigenvalue weighted by atomic mass is 35.5. The topological polar surface area (TPSA) is 49.4 Å². The summed E-state index contributed by atoms with van der Waals surface area (Å²) < 4.78 is 14.1. The molecule has 0 saturated heterocycles. The number of hydrogen-bond donors (Lipinski definition) is 1. The van der Waals surface area contributed by atoms with Gasteiger partial charge < -0.3 is 10.2 Å². The molecule has 0 radical (unpaired) electrons. The van der Waals surface area contributed by atoms with Gasteiger partial charge in [-0.25, -0.2) is 4.39 Å². The van der Waals surface area contributed by atoms with Gasteiger partial charge in [0.15, 0.2) is 0 Å². The number of amides is 2. The molecule has 0 aliphatic carbocycles. The fraction of sp³-hybridized carbons (Fsp3) is 0.333. The van der Waals surface area contributed by atoms with E-state index in [9.17, 15) is 14.0 Å². The van der Waals surface area contributed by atoms with Crippen LogP contribution < -0.4 is 5.32 Å². The molecular formula is C21H24ClFN2O2S. The predicted molar refractivity (Wildman–Crippen MR) is 113 cm³/mol. The Morgan fingerprint density at radius 1 is 1.21 bits per heavy atom. The average Bonchev–Trinajstić information content (AvgIpc) is 2.67. The molecule has 0 fully saturated rings. The van der Waals surface area contributed by atoms with Gasteiger partial charge in [0.1, 0.15) is 11.9 Å². The Balaban J connectivity index is 2.07. The van der Waals surface area contributed by atoms with Crippen LogP contribution in [0.5, 0.6) is 0 Å². The van der Waals surface area contributed by atoms with Crippen LogP contribution in [-0.4, -0.2) is 35.1 Å². The number of nitrogens with zero attached hydrogens (tertiary/aromatic N) is 1. The van der Waals surface area contributed by atoms with Gasteiger partial charge in [0.2, 0.25) is 11.8 Å². The van der Waals surface area contributed by atoms with Crippen molar-refractivity contribution in [1.29, 1.82) is 0 Å². The highest BCUT2D eigenvalue weighted by Crippen LogP contribution is 2.19. The largest absolute Gasteiger partial charge is 0.355 e. The molecule has 7 heteroatoms. The van der Waals surface area contributed by atoms with E-state index in [1.807, 2.05) is 25.1 Å². The summed E-state index contributed by atoms with van der Waals surface area (Å²) in [7, 11) is 0. The number of rotatable bonds is 9. The molecule has 0 unspecified atom stereocenters. The first kappa shape index (κ1) is 22.2. The minimum atomic E-state index is -0.696. The fourth-order valence-electron chi connectivity index (χ4n) is 2.68. The van der Waals surface area contributed by atoms with Crippen LogP contribution in [0.2, 0.25) is 5.02 Å². The van der Waals surface area contributed by atoms with E-state index < -0.39 is 11.9 Å². The third kappa shape index (κ3) is 6.53. The molecule has 0 aromatic heterocycles. The normalized spacial score (nSPS) is 11.7. The van der Waals surface area contributed by atoms with Crippen molar-refractivity contribution in [2.24, 2.45) is 0 Å². The van der Waals surface area contributed by atoms with Crippen molar-refractivity contribution in [1.82, 2.24) is 10.2 Å². The quantitative estimate of drug-likeness (QED) is 0.656. The summed E-state index contributed by atoms with van der Waals surface area (Å²) in [6, 6.07) is 13.0. The van der Waals surface area contributed by atoms with E-state index in [2.05, 4.69) is 5.32 Å². The van der Waals surface area contributed by atoms with Crippen molar-refractivity contribution < 1.29 is 14.0 Å². The highest BCUT2D eigenvalue weighted by molar-refractivity contribution is 7.99. The maximum absolute atomic E-state index is 14.1. The maximum Gasteiger partial charge on any atom is 0.242 e. The SMILES string of the molecule is CCNC(=O)[C@@H](C)N(Cc1ccccc1F)C(=O)CSCc1cccc(Cl)c1. The first-order chi connectivity index (χ1) is 13.4. The lowest BCUT2D eigenvalue weighted by Crippen LogP contribution is -2.48. The van der Waals surface area contributed by atoms with Gasteiger partial charge in [-0.3, -0.25) is 9.59 Å². The number of carbonyl (C=O) groups is 2. The van der Waals surface area contributed by atoms with Gasteiger partial charge in [-0.2, -0.15) is 0 Å². The lowest BCUT2D eigenvalue weighted by atomic mass is 10.1. The number of likely N-dealkylation sites (N-methyl/N-ethyl adjacent to an activating group) is 1. The molecule has 0 saturated carbocycles. The summed E-state index contributed by atoms with van der Waals surface area (Å²) in [6.07, 6.45) is 0.